The van der Waals surface area contributed by atoms with Crippen molar-refractivity contribution in [3.05, 3.63) is 59.2 Å². The molecule has 28 heavy (non-hydrogen) atoms. The predicted octanol–water partition coefficient (Wildman–Crippen LogP) is 5.88. The van der Waals surface area contributed by atoms with Crippen LogP contribution in [0.25, 0.3) is 0 Å². The van der Waals surface area contributed by atoms with Crippen molar-refractivity contribution in [2.75, 3.05) is 0 Å². The summed E-state index contributed by atoms with van der Waals surface area (Å²) in [4.78, 5) is 22.0. The van der Waals surface area contributed by atoms with Crippen molar-refractivity contribution in [2.45, 2.75) is 77.9 Å². The van der Waals surface area contributed by atoms with Gasteiger partial charge in [0.25, 0.3) is 0 Å². The standard InChI is InChI=1S/C24H34O4/c1-18(11-12-21-9-7-6-8-10-21)13-19(2)14-20(3)15-23(4)17-24(5,28-27-23)16-22(25)26/h6-11,13,20H,12,14-17H2,1-5H3,(H,25,26)/b18-11+,19-13+/t20-,23-,24+/m0/s1. The molecule has 0 amide bonds. The maximum Gasteiger partial charge on any atom is 0.306 e. The molecule has 1 N–H and O–H groups in total. The zero-order valence-electron chi connectivity index (χ0n) is 17.8. The van der Waals surface area contributed by atoms with Crippen LogP contribution in [0.3, 0.4) is 0 Å². The number of aliphatic carboxylic acids is 1. The van der Waals surface area contributed by atoms with Crippen molar-refractivity contribution >= 4 is 5.97 Å². The highest BCUT2D eigenvalue weighted by Gasteiger charge is 2.47. The van der Waals surface area contributed by atoms with Gasteiger partial charge in [0.05, 0.1) is 6.42 Å². The number of carboxylic acid groups (broad SMARTS) is 1. The van der Waals surface area contributed by atoms with Gasteiger partial charge in [0.1, 0.15) is 11.2 Å². The van der Waals surface area contributed by atoms with Crippen LogP contribution in [-0.2, 0) is 21.0 Å². The van der Waals surface area contributed by atoms with Crippen LogP contribution >= 0.6 is 0 Å². The van der Waals surface area contributed by atoms with Crippen LogP contribution in [0.2, 0.25) is 0 Å². The van der Waals surface area contributed by atoms with Crippen molar-refractivity contribution in [2.24, 2.45) is 5.92 Å². The average Bonchev–Trinajstić information content (AvgIpc) is 2.87. The predicted molar refractivity (Wildman–Crippen MR) is 112 cm³/mol. The van der Waals surface area contributed by atoms with E-state index >= 15 is 0 Å². The van der Waals surface area contributed by atoms with Crippen molar-refractivity contribution in [1.29, 1.82) is 0 Å². The Hall–Kier alpha value is -1.91. The van der Waals surface area contributed by atoms with Crippen LogP contribution in [0.1, 0.15) is 65.9 Å². The summed E-state index contributed by atoms with van der Waals surface area (Å²) >= 11 is 0. The summed E-state index contributed by atoms with van der Waals surface area (Å²) in [5.41, 5.74) is 2.74. The molecule has 1 heterocycles. The maximum absolute atomic E-state index is 11.0. The summed E-state index contributed by atoms with van der Waals surface area (Å²) in [6, 6.07) is 10.5. The van der Waals surface area contributed by atoms with Gasteiger partial charge in [-0.25, -0.2) is 9.78 Å². The number of benzene rings is 1. The minimum atomic E-state index is -0.861. The molecule has 154 valence electrons. The molecule has 0 aromatic heterocycles. The molecule has 1 aromatic carbocycles. The minimum Gasteiger partial charge on any atom is -0.481 e. The summed E-state index contributed by atoms with van der Waals surface area (Å²) in [6.45, 7) is 10.3. The lowest BCUT2D eigenvalue weighted by molar-refractivity contribution is -0.346. The van der Waals surface area contributed by atoms with Gasteiger partial charge >= 0.3 is 5.97 Å². The fourth-order valence-corrected chi connectivity index (χ4v) is 4.33. The Bertz CT molecular complexity index is 721. The summed E-state index contributed by atoms with van der Waals surface area (Å²) in [7, 11) is 0. The molecule has 1 aliphatic heterocycles. The third kappa shape index (κ3) is 7.25. The topological polar surface area (TPSA) is 55.8 Å². The van der Waals surface area contributed by atoms with Crippen LogP contribution in [0.15, 0.2) is 53.6 Å². The lowest BCUT2D eigenvalue weighted by atomic mass is 9.81. The summed E-state index contributed by atoms with van der Waals surface area (Å²) < 4.78 is 0. The molecule has 4 nitrogen and oxygen atoms in total. The van der Waals surface area contributed by atoms with E-state index in [1.807, 2.05) is 19.9 Å². The summed E-state index contributed by atoms with van der Waals surface area (Å²) in [6.07, 6.45) is 7.82. The van der Waals surface area contributed by atoms with E-state index in [0.717, 1.165) is 19.3 Å². The van der Waals surface area contributed by atoms with Gasteiger partial charge in [-0.05, 0) is 58.4 Å². The second kappa shape index (κ2) is 9.53. The Morgan fingerprint density at radius 2 is 1.82 bits per heavy atom. The zero-order valence-corrected chi connectivity index (χ0v) is 17.8. The van der Waals surface area contributed by atoms with Crippen molar-refractivity contribution < 1.29 is 19.7 Å². The van der Waals surface area contributed by atoms with Crippen LogP contribution in [-0.4, -0.2) is 22.3 Å². The Morgan fingerprint density at radius 1 is 1.18 bits per heavy atom. The van der Waals surface area contributed by atoms with E-state index < -0.39 is 17.2 Å². The van der Waals surface area contributed by atoms with E-state index in [-0.39, 0.29) is 6.42 Å². The van der Waals surface area contributed by atoms with Gasteiger partial charge < -0.3 is 5.11 Å². The first-order valence-corrected chi connectivity index (χ1v) is 10.1. The smallest absolute Gasteiger partial charge is 0.306 e. The van der Waals surface area contributed by atoms with E-state index in [0.29, 0.717) is 12.3 Å². The third-order valence-corrected chi connectivity index (χ3v) is 5.14. The highest BCUT2D eigenvalue weighted by atomic mass is 17.2. The van der Waals surface area contributed by atoms with Crippen LogP contribution in [0, 0.1) is 5.92 Å². The molecule has 3 atom stereocenters. The Morgan fingerprint density at radius 3 is 2.46 bits per heavy atom. The molecule has 1 saturated heterocycles. The number of carboxylic acids is 1. The molecule has 0 spiro atoms. The summed E-state index contributed by atoms with van der Waals surface area (Å²) in [5.74, 6) is -0.445. The monoisotopic (exact) mass is 386 g/mol. The molecule has 4 heteroatoms. The van der Waals surface area contributed by atoms with Gasteiger partial charge in [-0.2, -0.15) is 0 Å². The van der Waals surface area contributed by atoms with Gasteiger partial charge in [-0.1, -0.05) is 60.6 Å². The van der Waals surface area contributed by atoms with Crippen LogP contribution < -0.4 is 0 Å². The zero-order chi connectivity index (χ0) is 20.8. The van der Waals surface area contributed by atoms with E-state index in [1.54, 1.807) is 0 Å². The first kappa shape index (κ1) is 22.4. The second-order valence-electron chi connectivity index (χ2n) is 8.96. The molecular weight excluding hydrogens is 352 g/mol. The van der Waals surface area contributed by atoms with Gasteiger partial charge in [0, 0.05) is 6.42 Å². The Kier molecular flexibility index (Phi) is 7.62. The first-order chi connectivity index (χ1) is 13.1. The van der Waals surface area contributed by atoms with E-state index in [1.165, 1.54) is 16.7 Å². The fourth-order valence-electron chi connectivity index (χ4n) is 4.33. The van der Waals surface area contributed by atoms with Crippen molar-refractivity contribution in [3.63, 3.8) is 0 Å². The summed E-state index contributed by atoms with van der Waals surface area (Å²) in [5, 5.41) is 9.06. The number of rotatable bonds is 9. The minimum absolute atomic E-state index is 0.0404. The molecule has 1 fully saturated rings. The van der Waals surface area contributed by atoms with E-state index in [9.17, 15) is 4.79 Å². The van der Waals surface area contributed by atoms with Crippen molar-refractivity contribution in [3.8, 4) is 0 Å². The second-order valence-corrected chi connectivity index (χ2v) is 8.96. The fraction of sp³-hybridized carbons (Fsp3) is 0.542. The molecule has 0 unspecified atom stereocenters. The van der Waals surface area contributed by atoms with Gasteiger partial charge in [0.2, 0.25) is 0 Å². The highest BCUT2D eigenvalue weighted by molar-refractivity contribution is 5.68. The molecule has 0 saturated carbocycles. The molecule has 0 bridgehead atoms. The highest BCUT2D eigenvalue weighted by Crippen LogP contribution is 2.42. The molecule has 2 rings (SSSR count). The quantitative estimate of drug-likeness (QED) is 0.425. The maximum atomic E-state index is 11.0. The van der Waals surface area contributed by atoms with Gasteiger partial charge in [0.15, 0.2) is 0 Å². The first-order valence-electron chi connectivity index (χ1n) is 10.1. The van der Waals surface area contributed by atoms with Gasteiger partial charge in [-0.15, -0.1) is 0 Å². The van der Waals surface area contributed by atoms with Gasteiger partial charge in [-0.3, -0.25) is 4.79 Å². The number of hydrogen-bond acceptors (Lipinski definition) is 3. The lowest BCUT2D eigenvalue weighted by Crippen LogP contribution is -2.31. The number of carbonyl (C=O) groups is 1. The molecular formula is C24H34O4. The number of hydrogen-bond donors (Lipinski definition) is 1. The Balaban J connectivity index is 1.87. The number of allylic oxidation sites excluding steroid dienone is 4. The van der Waals surface area contributed by atoms with E-state index in [4.69, 9.17) is 14.9 Å². The van der Waals surface area contributed by atoms with Crippen LogP contribution in [0.5, 0.6) is 0 Å². The normalized spacial score (nSPS) is 27.0. The molecule has 1 aromatic rings. The third-order valence-electron chi connectivity index (χ3n) is 5.14. The lowest BCUT2D eigenvalue weighted by Gasteiger charge is -2.25. The SMILES string of the molecule is CC(=C\Cc1ccccc1)/C=C(\C)C[C@H](C)C[C@@]1(C)C[C@@](C)(CC(=O)O)OO1. The average molecular weight is 387 g/mol. The largest absolute Gasteiger partial charge is 0.481 e. The van der Waals surface area contributed by atoms with Crippen LogP contribution in [0.4, 0.5) is 0 Å². The van der Waals surface area contributed by atoms with E-state index in [2.05, 4.69) is 57.2 Å². The molecule has 0 aliphatic carbocycles. The molecule has 0 radical (unpaired) electrons. The van der Waals surface area contributed by atoms with Crippen molar-refractivity contribution in [1.82, 2.24) is 0 Å². The Labute approximate surface area is 169 Å². The molecule has 1 aliphatic rings.